The topological polar surface area (TPSA) is 51.7 Å². The highest BCUT2D eigenvalue weighted by Gasteiger charge is 2.33. The maximum absolute atomic E-state index is 13.0. The first-order valence-electron chi connectivity index (χ1n) is 9.39. The van der Waals surface area contributed by atoms with Crippen LogP contribution in [0, 0.1) is 0 Å². The molecule has 0 N–H and O–H groups in total. The number of rotatable bonds is 6. The number of aromatic nitrogens is 1. The number of methoxy groups -OCH3 is 1. The number of pyridine rings is 1. The predicted octanol–water partition coefficient (Wildman–Crippen LogP) is 6.49. The highest BCUT2D eigenvalue weighted by Crippen LogP contribution is 2.40. The Morgan fingerprint density at radius 2 is 2.00 bits per heavy atom. The first-order chi connectivity index (χ1) is 15.5. The van der Waals surface area contributed by atoms with Crippen LogP contribution in [0.15, 0.2) is 70.3 Å². The van der Waals surface area contributed by atoms with Gasteiger partial charge < -0.3 is 9.47 Å². The van der Waals surface area contributed by atoms with Crippen LogP contribution in [0.4, 0.5) is 5.69 Å². The second kappa shape index (κ2) is 10.0. The number of halogens is 2. The van der Waals surface area contributed by atoms with Crippen LogP contribution in [0.1, 0.15) is 11.1 Å². The lowest BCUT2D eigenvalue weighted by atomic mass is 10.1. The summed E-state index contributed by atoms with van der Waals surface area (Å²) in [5.74, 6) is 0.924. The minimum Gasteiger partial charge on any atom is -0.493 e. The van der Waals surface area contributed by atoms with Crippen molar-refractivity contribution in [3.05, 3.63) is 86.5 Å². The molecule has 0 unspecified atom stereocenters. The van der Waals surface area contributed by atoms with Crippen molar-refractivity contribution in [2.75, 3.05) is 12.0 Å². The first-order valence-corrected chi connectivity index (χ1v) is 11.8. The zero-order valence-electron chi connectivity index (χ0n) is 16.7. The van der Waals surface area contributed by atoms with E-state index in [1.807, 2.05) is 24.3 Å². The Bertz CT molecular complexity index is 1220. The quantitative estimate of drug-likeness (QED) is 0.260. The number of amides is 1. The zero-order valence-corrected chi connectivity index (χ0v) is 20.7. The van der Waals surface area contributed by atoms with Crippen LogP contribution >= 0.6 is 51.5 Å². The first kappa shape index (κ1) is 22.8. The SMILES string of the molecule is COc1cc(/C=C2/SC(=S)N(c3cccc(Cl)c3)C2=O)cc(Br)c1OCc1ccncc1. The number of carbonyl (C=O) groups is 1. The molecule has 1 amide bonds. The van der Waals surface area contributed by atoms with Gasteiger partial charge in [0, 0.05) is 17.4 Å². The molecule has 1 aliphatic heterocycles. The molecular weight excluding hydrogens is 532 g/mol. The molecule has 0 aliphatic carbocycles. The number of nitrogens with zero attached hydrogens (tertiary/aromatic N) is 2. The van der Waals surface area contributed by atoms with Gasteiger partial charge in [-0.1, -0.05) is 41.6 Å². The van der Waals surface area contributed by atoms with Crippen LogP contribution < -0.4 is 14.4 Å². The lowest BCUT2D eigenvalue weighted by Crippen LogP contribution is -2.27. The largest absolute Gasteiger partial charge is 0.493 e. The van der Waals surface area contributed by atoms with Gasteiger partial charge in [-0.3, -0.25) is 14.7 Å². The third kappa shape index (κ3) is 4.99. The van der Waals surface area contributed by atoms with E-state index in [0.717, 1.165) is 11.1 Å². The van der Waals surface area contributed by atoms with Crippen molar-refractivity contribution < 1.29 is 14.3 Å². The molecule has 2 aromatic carbocycles. The third-order valence-electron chi connectivity index (χ3n) is 4.54. The Hall–Kier alpha value is -2.39. The summed E-state index contributed by atoms with van der Waals surface area (Å²) in [6.45, 7) is 0.370. The van der Waals surface area contributed by atoms with Crippen LogP contribution in [-0.4, -0.2) is 22.3 Å². The summed E-state index contributed by atoms with van der Waals surface area (Å²) in [6, 6.07) is 14.5. The van der Waals surface area contributed by atoms with Gasteiger partial charge in [0.15, 0.2) is 15.8 Å². The molecule has 4 rings (SSSR count). The van der Waals surface area contributed by atoms with E-state index in [4.69, 9.17) is 33.3 Å². The van der Waals surface area contributed by atoms with Crippen LogP contribution in [0.25, 0.3) is 6.08 Å². The summed E-state index contributed by atoms with van der Waals surface area (Å²) < 4.78 is 12.7. The maximum atomic E-state index is 13.0. The molecule has 1 aliphatic rings. The third-order valence-corrected chi connectivity index (χ3v) is 6.67. The fourth-order valence-electron chi connectivity index (χ4n) is 3.05. The van der Waals surface area contributed by atoms with E-state index in [1.165, 1.54) is 16.7 Å². The fourth-order valence-corrected chi connectivity index (χ4v) is 5.11. The van der Waals surface area contributed by atoms with Crippen LogP contribution in [-0.2, 0) is 11.4 Å². The van der Waals surface area contributed by atoms with Gasteiger partial charge in [-0.05, 0) is 75.6 Å². The predicted molar refractivity (Wildman–Crippen MR) is 136 cm³/mol. The summed E-state index contributed by atoms with van der Waals surface area (Å²) in [7, 11) is 1.57. The van der Waals surface area contributed by atoms with Crippen LogP contribution in [0.2, 0.25) is 5.02 Å². The monoisotopic (exact) mass is 546 g/mol. The minimum absolute atomic E-state index is 0.199. The Kier molecular flexibility index (Phi) is 7.15. The molecule has 0 atom stereocenters. The molecule has 162 valence electrons. The summed E-state index contributed by atoms with van der Waals surface area (Å²) in [5.41, 5.74) is 2.40. The molecule has 1 fully saturated rings. The lowest BCUT2D eigenvalue weighted by Gasteiger charge is -2.15. The van der Waals surface area contributed by atoms with Crippen molar-refractivity contribution in [3.8, 4) is 11.5 Å². The van der Waals surface area contributed by atoms with Gasteiger partial charge in [0.05, 0.1) is 22.2 Å². The van der Waals surface area contributed by atoms with Crippen molar-refractivity contribution in [3.63, 3.8) is 0 Å². The molecule has 1 saturated heterocycles. The lowest BCUT2D eigenvalue weighted by molar-refractivity contribution is -0.113. The standard InChI is InChI=1S/C23H16BrClN2O3S2/c1-29-19-10-15(9-18(24)21(19)30-13-14-5-7-26-8-6-14)11-20-22(28)27(23(31)32-20)17-4-2-3-16(25)12-17/h2-12H,13H2,1H3/b20-11+. The van der Waals surface area contributed by atoms with E-state index in [-0.39, 0.29) is 5.91 Å². The number of benzene rings is 2. The molecule has 0 spiro atoms. The molecule has 0 bridgehead atoms. The molecule has 1 aromatic heterocycles. The van der Waals surface area contributed by atoms with Crippen LogP contribution in [0.3, 0.4) is 0 Å². The fraction of sp³-hybridized carbons (Fsp3) is 0.0870. The van der Waals surface area contributed by atoms with Gasteiger partial charge in [-0.2, -0.15) is 0 Å². The van der Waals surface area contributed by atoms with E-state index in [2.05, 4.69) is 20.9 Å². The van der Waals surface area contributed by atoms with Gasteiger partial charge in [-0.25, -0.2) is 0 Å². The molecule has 5 nitrogen and oxygen atoms in total. The molecular formula is C23H16BrClN2O3S2. The smallest absolute Gasteiger partial charge is 0.270 e. The highest BCUT2D eigenvalue weighted by molar-refractivity contribution is 9.10. The average molecular weight is 548 g/mol. The summed E-state index contributed by atoms with van der Waals surface area (Å²) in [6.07, 6.45) is 5.21. The van der Waals surface area contributed by atoms with E-state index < -0.39 is 0 Å². The van der Waals surface area contributed by atoms with Gasteiger partial charge in [0.25, 0.3) is 5.91 Å². The number of thiocarbonyl (C=S) groups is 1. The summed E-state index contributed by atoms with van der Waals surface area (Å²) >= 11 is 16.3. The van der Waals surface area contributed by atoms with E-state index in [9.17, 15) is 4.79 Å². The van der Waals surface area contributed by atoms with Crippen molar-refractivity contribution in [2.24, 2.45) is 0 Å². The Morgan fingerprint density at radius 1 is 1.22 bits per heavy atom. The maximum Gasteiger partial charge on any atom is 0.270 e. The van der Waals surface area contributed by atoms with E-state index >= 15 is 0 Å². The molecule has 9 heteroatoms. The minimum atomic E-state index is -0.199. The van der Waals surface area contributed by atoms with Gasteiger partial charge in [-0.15, -0.1) is 0 Å². The van der Waals surface area contributed by atoms with Crippen molar-refractivity contribution in [2.45, 2.75) is 6.61 Å². The van der Waals surface area contributed by atoms with Gasteiger partial charge >= 0.3 is 0 Å². The van der Waals surface area contributed by atoms with Crippen molar-refractivity contribution >= 4 is 73.5 Å². The molecule has 0 saturated carbocycles. The molecule has 2 heterocycles. The van der Waals surface area contributed by atoms with Crippen LogP contribution in [0.5, 0.6) is 11.5 Å². The Balaban J connectivity index is 1.59. The number of hydrogen-bond donors (Lipinski definition) is 0. The summed E-state index contributed by atoms with van der Waals surface area (Å²) in [5, 5.41) is 0.538. The Labute approximate surface area is 208 Å². The number of ether oxygens (including phenoxy) is 2. The molecule has 32 heavy (non-hydrogen) atoms. The normalized spacial score (nSPS) is 14.8. The highest BCUT2D eigenvalue weighted by atomic mass is 79.9. The number of hydrogen-bond acceptors (Lipinski definition) is 6. The summed E-state index contributed by atoms with van der Waals surface area (Å²) in [4.78, 5) is 19.0. The number of thioether (sulfide) groups is 1. The van der Waals surface area contributed by atoms with Crippen molar-refractivity contribution in [1.29, 1.82) is 0 Å². The van der Waals surface area contributed by atoms with E-state index in [1.54, 1.807) is 49.8 Å². The molecule has 0 radical (unpaired) electrons. The molecule has 3 aromatic rings. The second-order valence-corrected chi connectivity index (χ2v) is 9.64. The van der Waals surface area contributed by atoms with Gasteiger partial charge in [0.2, 0.25) is 0 Å². The Morgan fingerprint density at radius 3 is 2.72 bits per heavy atom. The van der Waals surface area contributed by atoms with E-state index in [0.29, 0.717) is 42.5 Å². The second-order valence-electron chi connectivity index (χ2n) is 6.68. The van der Waals surface area contributed by atoms with Crippen molar-refractivity contribution in [1.82, 2.24) is 4.98 Å². The zero-order chi connectivity index (χ0) is 22.7. The number of anilines is 1. The van der Waals surface area contributed by atoms with Gasteiger partial charge in [0.1, 0.15) is 6.61 Å². The number of carbonyl (C=O) groups excluding carboxylic acids is 1. The average Bonchev–Trinajstić information content (AvgIpc) is 3.06.